The zero-order valence-electron chi connectivity index (χ0n) is 18.0. The average molecular weight is 423 g/mol. The van der Waals surface area contributed by atoms with Gasteiger partial charge in [-0.3, -0.25) is 5.43 Å². The normalized spacial score (nSPS) is 12.8. The highest BCUT2D eigenvalue weighted by Crippen LogP contribution is 2.33. The van der Waals surface area contributed by atoms with Crippen LogP contribution in [0.1, 0.15) is 12.5 Å². The van der Waals surface area contributed by atoms with E-state index in [1.54, 1.807) is 6.20 Å². The zero-order valence-corrected chi connectivity index (χ0v) is 18.0. The number of para-hydroxylation sites is 1. The molecular formula is C23H30N6O2. The third-order valence-electron chi connectivity index (χ3n) is 4.04. The number of rotatable bonds is 8. The SMILES string of the molecule is C/C=C/CNc1ccccc1/C(N)=N/NC=Nc1ccc2c(c1)OCCO2.C=CNC. The molecule has 164 valence electrons. The summed E-state index contributed by atoms with van der Waals surface area (Å²) in [5.41, 5.74) is 11.3. The van der Waals surface area contributed by atoms with Gasteiger partial charge in [-0.05, 0) is 37.4 Å². The third-order valence-corrected chi connectivity index (χ3v) is 4.04. The van der Waals surface area contributed by atoms with Crippen molar-refractivity contribution in [3.8, 4) is 11.5 Å². The Bertz CT molecular complexity index is 924. The molecule has 0 saturated carbocycles. The first kappa shape index (κ1) is 23.3. The smallest absolute Gasteiger partial charge is 0.163 e. The van der Waals surface area contributed by atoms with Crippen LogP contribution in [0, 0.1) is 0 Å². The van der Waals surface area contributed by atoms with Gasteiger partial charge in [0.1, 0.15) is 19.6 Å². The molecule has 0 atom stereocenters. The van der Waals surface area contributed by atoms with Gasteiger partial charge in [0.2, 0.25) is 0 Å². The molecule has 2 aromatic carbocycles. The van der Waals surface area contributed by atoms with Crippen LogP contribution in [0.25, 0.3) is 0 Å². The van der Waals surface area contributed by atoms with E-state index < -0.39 is 0 Å². The van der Waals surface area contributed by atoms with Crippen molar-refractivity contribution < 1.29 is 9.47 Å². The molecule has 8 nitrogen and oxygen atoms in total. The van der Waals surface area contributed by atoms with E-state index in [2.05, 4.69) is 32.7 Å². The van der Waals surface area contributed by atoms with Crippen LogP contribution < -0.4 is 31.3 Å². The Hall–Kier alpha value is -3.94. The van der Waals surface area contributed by atoms with Gasteiger partial charge in [0.15, 0.2) is 17.3 Å². The van der Waals surface area contributed by atoms with E-state index in [-0.39, 0.29) is 0 Å². The van der Waals surface area contributed by atoms with Crippen molar-refractivity contribution in [3.63, 3.8) is 0 Å². The first-order chi connectivity index (χ1) is 15.2. The lowest BCUT2D eigenvalue weighted by atomic mass is 10.1. The maximum absolute atomic E-state index is 6.10. The Morgan fingerprint density at radius 2 is 1.90 bits per heavy atom. The Kier molecular flexibility index (Phi) is 10.0. The molecule has 1 aliphatic heterocycles. The van der Waals surface area contributed by atoms with E-state index in [4.69, 9.17) is 15.2 Å². The van der Waals surface area contributed by atoms with E-state index in [9.17, 15) is 0 Å². The van der Waals surface area contributed by atoms with Crippen LogP contribution in [0.15, 0.2) is 77.5 Å². The Morgan fingerprint density at radius 3 is 2.65 bits per heavy atom. The lowest BCUT2D eigenvalue weighted by Crippen LogP contribution is -2.20. The standard InChI is InChI=1S/C20H23N5O2.C3H7N/c1-2-3-10-22-17-7-5-4-6-16(17)20(21)25-24-14-23-15-8-9-18-19(13-15)27-12-11-26-18;1-3-4-2/h2-9,13-14,22H,10-12H2,1H3,(H2,21,25)(H,23,24);3-4H,1H2,2H3/b3-2+;. The number of hydrogen-bond donors (Lipinski definition) is 4. The van der Waals surface area contributed by atoms with Gasteiger partial charge in [-0.2, -0.15) is 5.10 Å². The predicted molar refractivity (Wildman–Crippen MR) is 128 cm³/mol. The van der Waals surface area contributed by atoms with E-state index in [1.807, 2.05) is 68.6 Å². The van der Waals surface area contributed by atoms with Gasteiger partial charge in [0.05, 0.1) is 5.69 Å². The highest BCUT2D eigenvalue weighted by Gasteiger charge is 2.11. The first-order valence-corrected chi connectivity index (χ1v) is 9.93. The zero-order chi connectivity index (χ0) is 22.3. The second-order valence-corrected chi connectivity index (χ2v) is 6.20. The molecule has 3 rings (SSSR count). The summed E-state index contributed by atoms with van der Waals surface area (Å²) in [5, 5.41) is 10.2. The summed E-state index contributed by atoms with van der Waals surface area (Å²) < 4.78 is 11.0. The highest BCUT2D eigenvalue weighted by atomic mass is 16.6. The molecular weight excluding hydrogens is 392 g/mol. The molecule has 0 unspecified atom stereocenters. The predicted octanol–water partition coefficient (Wildman–Crippen LogP) is 3.37. The van der Waals surface area contributed by atoms with Crippen molar-refractivity contribution in [1.29, 1.82) is 0 Å². The molecule has 0 amide bonds. The van der Waals surface area contributed by atoms with Crippen molar-refractivity contribution in [2.45, 2.75) is 6.92 Å². The summed E-state index contributed by atoms with van der Waals surface area (Å²) >= 11 is 0. The Labute approximate surface area is 183 Å². The van der Waals surface area contributed by atoms with Crippen LogP contribution >= 0.6 is 0 Å². The topological polar surface area (TPSA) is 105 Å². The van der Waals surface area contributed by atoms with Crippen LogP contribution in [-0.2, 0) is 0 Å². The van der Waals surface area contributed by atoms with Crippen molar-refractivity contribution in [2.24, 2.45) is 15.8 Å². The molecule has 0 aliphatic carbocycles. The number of nitrogens with one attached hydrogen (secondary N) is 3. The van der Waals surface area contributed by atoms with Crippen molar-refractivity contribution in [3.05, 3.63) is 73.0 Å². The fourth-order valence-electron chi connectivity index (χ4n) is 2.52. The summed E-state index contributed by atoms with van der Waals surface area (Å²) in [5.74, 6) is 1.80. The number of nitrogens with zero attached hydrogens (tertiary/aromatic N) is 2. The maximum atomic E-state index is 6.10. The molecule has 5 N–H and O–H groups in total. The number of anilines is 1. The molecule has 0 bridgehead atoms. The monoisotopic (exact) mass is 422 g/mol. The first-order valence-electron chi connectivity index (χ1n) is 9.93. The molecule has 0 fully saturated rings. The van der Waals surface area contributed by atoms with Gasteiger partial charge in [-0.15, -0.1) is 0 Å². The van der Waals surface area contributed by atoms with E-state index >= 15 is 0 Å². The van der Waals surface area contributed by atoms with E-state index in [1.165, 1.54) is 6.34 Å². The quantitative estimate of drug-likeness (QED) is 0.225. The number of aliphatic imine (C=N–C) groups is 1. The summed E-state index contributed by atoms with van der Waals surface area (Å²) in [6, 6.07) is 13.2. The largest absolute Gasteiger partial charge is 0.486 e. The summed E-state index contributed by atoms with van der Waals surface area (Å²) in [6.45, 7) is 7.18. The molecule has 2 aromatic rings. The summed E-state index contributed by atoms with van der Waals surface area (Å²) in [7, 11) is 1.81. The van der Waals surface area contributed by atoms with Gasteiger partial charge in [0.25, 0.3) is 0 Å². The lowest BCUT2D eigenvalue weighted by Gasteiger charge is -2.18. The Balaban J connectivity index is 0.000000785. The van der Waals surface area contributed by atoms with Gasteiger partial charge >= 0.3 is 0 Å². The molecule has 1 heterocycles. The van der Waals surface area contributed by atoms with E-state index in [0.29, 0.717) is 24.8 Å². The number of benzene rings is 2. The summed E-state index contributed by atoms with van der Waals surface area (Å²) in [6.07, 6.45) is 7.12. The molecule has 0 radical (unpaired) electrons. The van der Waals surface area contributed by atoms with Gasteiger partial charge in [0, 0.05) is 30.9 Å². The van der Waals surface area contributed by atoms with Crippen LogP contribution in [0.2, 0.25) is 0 Å². The molecule has 1 aliphatic rings. The van der Waals surface area contributed by atoms with Crippen LogP contribution in [0.3, 0.4) is 0 Å². The van der Waals surface area contributed by atoms with Gasteiger partial charge in [-0.25, -0.2) is 4.99 Å². The maximum Gasteiger partial charge on any atom is 0.163 e. The molecule has 0 saturated heterocycles. The molecule has 0 spiro atoms. The van der Waals surface area contributed by atoms with Crippen LogP contribution in [0.4, 0.5) is 11.4 Å². The van der Waals surface area contributed by atoms with Crippen molar-refractivity contribution in [1.82, 2.24) is 10.7 Å². The highest BCUT2D eigenvalue weighted by molar-refractivity contribution is 6.02. The second kappa shape index (κ2) is 13.3. The van der Waals surface area contributed by atoms with E-state index in [0.717, 1.165) is 29.2 Å². The second-order valence-electron chi connectivity index (χ2n) is 6.20. The van der Waals surface area contributed by atoms with Crippen LogP contribution in [-0.4, -0.2) is 39.0 Å². The summed E-state index contributed by atoms with van der Waals surface area (Å²) in [4.78, 5) is 4.30. The van der Waals surface area contributed by atoms with Crippen molar-refractivity contribution >= 4 is 23.5 Å². The van der Waals surface area contributed by atoms with Gasteiger partial charge in [-0.1, -0.05) is 30.9 Å². The number of amidine groups is 1. The Morgan fingerprint density at radius 1 is 1.16 bits per heavy atom. The number of hydrazone groups is 1. The minimum absolute atomic E-state index is 0.368. The third kappa shape index (κ3) is 7.77. The number of allylic oxidation sites excluding steroid dienone is 1. The fraction of sp³-hybridized carbons (Fsp3) is 0.217. The molecule has 0 aromatic heterocycles. The van der Waals surface area contributed by atoms with Gasteiger partial charge < -0.3 is 25.8 Å². The number of hydrogen-bond acceptors (Lipinski definition) is 6. The number of ether oxygens (including phenoxy) is 2. The number of nitrogens with two attached hydrogens (primary N) is 1. The number of fused-ring (bicyclic) bond motifs is 1. The van der Waals surface area contributed by atoms with Crippen LogP contribution in [0.5, 0.6) is 11.5 Å². The minimum Gasteiger partial charge on any atom is -0.486 e. The fourth-order valence-corrected chi connectivity index (χ4v) is 2.52. The lowest BCUT2D eigenvalue weighted by molar-refractivity contribution is 0.171. The minimum atomic E-state index is 0.368. The average Bonchev–Trinajstić information content (AvgIpc) is 2.82. The van der Waals surface area contributed by atoms with Crippen molar-refractivity contribution in [2.75, 3.05) is 32.1 Å². The molecule has 31 heavy (non-hydrogen) atoms. The molecule has 8 heteroatoms.